The second-order valence-electron chi connectivity index (χ2n) is 5.28. The van der Waals surface area contributed by atoms with E-state index in [0.717, 1.165) is 37.6 Å². The maximum atomic E-state index is 10.7. The lowest BCUT2D eigenvalue weighted by atomic mass is 10.1. The van der Waals surface area contributed by atoms with Gasteiger partial charge in [-0.2, -0.15) is 0 Å². The quantitative estimate of drug-likeness (QED) is 0.689. The molecule has 22 heavy (non-hydrogen) atoms. The van der Waals surface area contributed by atoms with Crippen LogP contribution in [0.3, 0.4) is 0 Å². The van der Waals surface area contributed by atoms with Crippen molar-refractivity contribution in [2.75, 3.05) is 23.3 Å². The molecule has 2 heterocycles. The van der Waals surface area contributed by atoms with Crippen molar-refractivity contribution in [1.29, 1.82) is 0 Å². The van der Waals surface area contributed by atoms with Crippen molar-refractivity contribution < 1.29 is 4.92 Å². The maximum Gasteiger partial charge on any atom is 0.269 e. The molecular formula is C15H17N5O2. The van der Waals surface area contributed by atoms with Crippen molar-refractivity contribution in [3.63, 3.8) is 0 Å². The van der Waals surface area contributed by atoms with E-state index >= 15 is 0 Å². The first-order chi connectivity index (χ1) is 10.7. The van der Waals surface area contributed by atoms with Crippen LogP contribution >= 0.6 is 0 Å². The van der Waals surface area contributed by atoms with Crippen molar-refractivity contribution in [3.8, 4) is 0 Å². The summed E-state index contributed by atoms with van der Waals surface area (Å²) < 4.78 is 0. The number of non-ortho nitro benzene ring substituents is 1. The summed E-state index contributed by atoms with van der Waals surface area (Å²) in [5.74, 6) is 0.748. The van der Waals surface area contributed by atoms with Crippen molar-refractivity contribution in [1.82, 2.24) is 9.97 Å². The predicted molar refractivity (Wildman–Crippen MR) is 84.0 cm³/mol. The van der Waals surface area contributed by atoms with E-state index < -0.39 is 4.92 Å². The highest BCUT2D eigenvalue weighted by molar-refractivity contribution is 5.49. The minimum atomic E-state index is -0.390. The fraction of sp³-hybridized carbons (Fsp3) is 0.333. The van der Waals surface area contributed by atoms with Crippen molar-refractivity contribution in [3.05, 3.63) is 52.8 Å². The lowest BCUT2D eigenvalue weighted by Crippen LogP contribution is -2.42. The molecular weight excluding hydrogens is 282 g/mol. The Balaban J connectivity index is 1.64. The summed E-state index contributed by atoms with van der Waals surface area (Å²) in [6, 6.07) is 8.61. The molecule has 3 rings (SSSR count). The van der Waals surface area contributed by atoms with E-state index in [1.165, 1.54) is 12.1 Å². The molecule has 7 nitrogen and oxygen atoms in total. The van der Waals surface area contributed by atoms with E-state index in [4.69, 9.17) is 0 Å². The molecule has 0 aliphatic carbocycles. The molecule has 0 unspecified atom stereocenters. The Kier molecular flexibility index (Phi) is 4.13. The predicted octanol–water partition coefficient (Wildman–Crippen LogP) is 2.47. The van der Waals surface area contributed by atoms with Crippen LogP contribution in [-0.4, -0.2) is 34.0 Å². The molecule has 0 saturated carbocycles. The number of nitrogens with one attached hydrogen (secondary N) is 1. The van der Waals surface area contributed by atoms with Gasteiger partial charge >= 0.3 is 0 Å². The summed E-state index contributed by atoms with van der Waals surface area (Å²) in [5.41, 5.74) is 1.000. The summed E-state index contributed by atoms with van der Waals surface area (Å²) in [4.78, 5) is 21.0. The fourth-order valence-electron chi connectivity index (χ4n) is 2.65. The van der Waals surface area contributed by atoms with Gasteiger partial charge in [0, 0.05) is 49.3 Å². The smallest absolute Gasteiger partial charge is 0.269 e. The van der Waals surface area contributed by atoms with Crippen molar-refractivity contribution in [2.24, 2.45) is 0 Å². The van der Waals surface area contributed by atoms with Crippen molar-refractivity contribution >= 4 is 17.3 Å². The number of rotatable bonds is 4. The highest BCUT2D eigenvalue weighted by Crippen LogP contribution is 2.21. The van der Waals surface area contributed by atoms with E-state index in [0.29, 0.717) is 0 Å². The average Bonchev–Trinajstić information content (AvgIpc) is 2.56. The number of nitro groups is 1. The Bertz CT molecular complexity index is 632. The van der Waals surface area contributed by atoms with E-state index in [1.807, 2.05) is 0 Å². The first-order valence-corrected chi connectivity index (χ1v) is 7.25. The number of nitro benzene ring substituents is 1. The average molecular weight is 299 g/mol. The monoisotopic (exact) mass is 299 g/mol. The topological polar surface area (TPSA) is 84.2 Å². The molecule has 114 valence electrons. The molecule has 0 radical (unpaired) electrons. The zero-order chi connectivity index (χ0) is 15.4. The van der Waals surface area contributed by atoms with Crippen LogP contribution in [0.15, 0.2) is 42.7 Å². The van der Waals surface area contributed by atoms with Gasteiger partial charge in [-0.3, -0.25) is 10.1 Å². The number of piperidine rings is 1. The Labute approximate surface area is 128 Å². The van der Waals surface area contributed by atoms with Gasteiger partial charge in [0.2, 0.25) is 5.95 Å². The first-order valence-electron chi connectivity index (χ1n) is 7.25. The van der Waals surface area contributed by atoms with Crippen LogP contribution in [0.2, 0.25) is 0 Å². The van der Waals surface area contributed by atoms with E-state index in [9.17, 15) is 10.1 Å². The molecule has 7 heteroatoms. The third-order valence-corrected chi connectivity index (χ3v) is 3.71. The largest absolute Gasteiger partial charge is 0.381 e. The van der Waals surface area contributed by atoms with Crippen molar-refractivity contribution in [2.45, 2.75) is 18.9 Å². The molecule has 1 saturated heterocycles. The number of anilines is 2. The molecule has 1 aliphatic rings. The summed E-state index contributed by atoms with van der Waals surface area (Å²) in [5, 5.41) is 14.1. The van der Waals surface area contributed by atoms with Gasteiger partial charge in [-0.1, -0.05) is 0 Å². The van der Waals surface area contributed by atoms with E-state index in [1.54, 1.807) is 30.6 Å². The highest BCUT2D eigenvalue weighted by atomic mass is 16.6. The van der Waals surface area contributed by atoms with Crippen LogP contribution < -0.4 is 10.2 Å². The Morgan fingerprint density at radius 3 is 2.64 bits per heavy atom. The van der Waals surface area contributed by atoms with Gasteiger partial charge in [0.1, 0.15) is 0 Å². The molecule has 1 aromatic carbocycles. The second-order valence-corrected chi connectivity index (χ2v) is 5.28. The van der Waals surface area contributed by atoms with Gasteiger partial charge in [0.25, 0.3) is 5.69 Å². The van der Waals surface area contributed by atoms with Crippen LogP contribution in [0.25, 0.3) is 0 Å². The first kappa shape index (κ1) is 14.2. The van der Waals surface area contributed by atoms with Crippen LogP contribution in [-0.2, 0) is 0 Å². The SMILES string of the molecule is O=[N+]([O-])c1ccc(N[C@@H]2CCCN(c3ncccn3)C2)cc1. The molecule has 1 N–H and O–H groups in total. The number of benzene rings is 1. The molecule has 1 aliphatic heterocycles. The van der Waals surface area contributed by atoms with Crippen LogP contribution in [0.5, 0.6) is 0 Å². The molecule has 0 spiro atoms. The summed E-state index contributed by atoms with van der Waals surface area (Å²) in [7, 11) is 0. The molecule has 2 aromatic rings. The number of hydrogen-bond acceptors (Lipinski definition) is 6. The normalized spacial score (nSPS) is 18.0. The Hall–Kier alpha value is -2.70. The van der Waals surface area contributed by atoms with Gasteiger partial charge in [0.15, 0.2) is 0 Å². The third-order valence-electron chi connectivity index (χ3n) is 3.71. The van der Waals surface area contributed by atoms with Crippen LogP contribution in [0.1, 0.15) is 12.8 Å². The molecule has 1 atom stereocenters. The van der Waals surface area contributed by atoms with Crippen LogP contribution in [0, 0.1) is 10.1 Å². The van der Waals surface area contributed by atoms with Gasteiger partial charge in [-0.15, -0.1) is 0 Å². The summed E-state index contributed by atoms with van der Waals surface area (Å²) in [6.07, 6.45) is 5.61. The Morgan fingerprint density at radius 2 is 1.95 bits per heavy atom. The van der Waals surface area contributed by atoms with Gasteiger partial charge in [-0.25, -0.2) is 9.97 Å². The minimum absolute atomic E-state index is 0.105. The summed E-state index contributed by atoms with van der Waals surface area (Å²) >= 11 is 0. The molecule has 1 aromatic heterocycles. The lowest BCUT2D eigenvalue weighted by Gasteiger charge is -2.33. The minimum Gasteiger partial charge on any atom is -0.381 e. The Morgan fingerprint density at radius 1 is 1.23 bits per heavy atom. The van der Waals surface area contributed by atoms with Crippen LogP contribution in [0.4, 0.5) is 17.3 Å². The highest BCUT2D eigenvalue weighted by Gasteiger charge is 2.21. The standard InChI is InChI=1S/C15H17N5O2/c21-20(22)14-6-4-12(5-7-14)18-13-3-1-10-19(11-13)15-16-8-2-9-17-15/h2,4-9,13,18H,1,3,10-11H2/t13-/m1/s1. The lowest BCUT2D eigenvalue weighted by molar-refractivity contribution is -0.384. The van der Waals surface area contributed by atoms with E-state index in [-0.39, 0.29) is 11.7 Å². The van der Waals surface area contributed by atoms with Gasteiger partial charge in [0.05, 0.1) is 4.92 Å². The zero-order valence-corrected chi connectivity index (χ0v) is 12.1. The maximum absolute atomic E-state index is 10.7. The van der Waals surface area contributed by atoms with Gasteiger partial charge in [-0.05, 0) is 31.0 Å². The number of hydrogen-bond donors (Lipinski definition) is 1. The third kappa shape index (κ3) is 3.30. The summed E-state index contributed by atoms with van der Waals surface area (Å²) in [6.45, 7) is 1.77. The van der Waals surface area contributed by atoms with Gasteiger partial charge < -0.3 is 10.2 Å². The second kappa shape index (κ2) is 6.38. The molecule has 1 fully saturated rings. The molecule has 0 bridgehead atoms. The molecule has 0 amide bonds. The zero-order valence-electron chi connectivity index (χ0n) is 12.1. The van der Waals surface area contributed by atoms with E-state index in [2.05, 4.69) is 20.2 Å². The fourth-order valence-corrected chi connectivity index (χ4v) is 2.65. The number of aromatic nitrogens is 2. The number of nitrogens with zero attached hydrogens (tertiary/aromatic N) is 4.